The Balaban J connectivity index is 1.82. The maximum Gasteiger partial charge on any atom is 0.257 e. The number of carbonyl (C=O) groups excluding carboxylic acids is 1. The molecule has 1 aromatic heterocycles. The number of benzene rings is 1. The molecule has 1 aliphatic rings. The fraction of sp³-hybridized carbons (Fsp3) is 0.474. The standard InChI is InChI=1S/C19H26N4O/c1-4-18-17(19(24)22-11-14(2)21-15(3)12-22)10-20-23(18)13-16-8-6-5-7-9-16/h5-10,14-15,21H,4,11-13H2,1-3H3/t14-,15-/m0/s1. The van der Waals surface area contributed by atoms with E-state index in [0.29, 0.717) is 18.6 Å². The van der Waals surface area contributed by atoms with E-state index in [1.807, 2.05) is 27.8 Å². The van der Waals surface area contributed by atoms with Gasteiger partial charge in [-0.1, -0.05) is 37.3 Å². The summed E-state index contributed by atoms with van der Waals surface area (Å²) in [6.45, 7) is 8.52. The summed E-state index contributed by atoms with van der Waals surface area (Å²) in [5, 5.41) is 7.96. The Kier molecular flexibility index (Phi) is 5.00. The summed E-state index contributed by atoms with van der Waals surface area (Å²) in [6.07, 6.45) is 2.53. The number of nitrogens with one attached hydrogen (secondary N) is 1. The summed E-state index contributed by atoms with van der Waals surface area (Å²) in [4.78, 5) is 14.9. The normalized spacial score (nSPS) is 21.0. The molecule has 1 N–H and O–H groups in total. The number of hydrogen-bond acceptors (Lipinski definition) is 3. The highest BCUT2D eigenvalue weighted by atomic mass is 16.2. The zero-order chi connectivity index (χ0) is 17.1. The summed E-state index contributed by atoms with van der Waals surface area (Å²) in [7, 11) is 0. The number of nitrogens with zero attached hydrogens (tertiary/aromatic N) is 3. The highest BCUT2D eigenvalue weighted by molar-refractivity contribution is 5.95. The van der Waals surface area contributed by atoms with Crippen LogP contribution in [0.25, 0.3) is 0 Å². The molecule has 1 fully saturated rings. The van der Waals surface area contributed by atoms with Gasteiger partial charge in [-0.05, 0) is 25.8 Å². The first-order valence-electron chi connectivity index (χ1n) is 8.72. The highest BCUT2D eigenvalue weighted by Crippen LogP contribution is 2.16. The first kappa shape index (κ1) is 16.7. The monoisotopic (exact) mass is 326 g/mol. The second-order valence-corrected chi connectivity index (χ2v) is 6.68. The minimum Gasteiger partial charge on any atom is -0.335 e. The number of hydrogen-bond donors (Lipinski definition) is 1. The molecule has 3 rings (SSSR count). The summed E-state index contributed by atoms with van der Waals surface area (Å²) in [5.41, 5.74) is 2.95. The van der Waals surface area contributed by atoms with Gasteiger partial charge in [-0.2, -0.15) is 5.10 Å². The van der Waals surface area contributed by atoms with Crippen molar-refractivity contribution in [1.82, 2.24) is 20.0 Å². The zero-order valence-corrected chi connectivity index (χ0v) is 14.7. The molecule has 2 atom stereocenters. The van der Waals surface area contributed by atoms with Crippen molar-refractivity contribution >= 4 is 5.91 Å². The van der Waals surface area contributed by atoms with Crippen LogP contribution in [0.15, 0.2) is 36.5 Å². The van der Waals surface area contributed by atoms with Gasteiger partial charge in [0.15, 0.2) is 0 Å². The Bertz CT molecular complexity index is 685. The second-order valence-electron chi connectivity index (χ2n) is 6.68. The molecule has 0 spiro atoms. The molecule has 1 saturated heterocycles. The van der Waals surface area contributed by atoms with Crippen LogP contribution >= 0.6 is 0 Å². The fourth-order valence-electron chi connectivity index (χ4n) is 3.52. The smallest absolute Gasteiger partial charge is 0.257 e. The van der Waals surface area contributed by atoms with Crippen molar-refractivity contribution in [2.75, 3.05) is 13.1 Å². The number of amides is 1. The predicted octanol–water partition coefficient (Wildman–Crippen LogP) is 2.32. The molecule has 5 heteroatoms. The van der Waals surface area contributed by atoms with Gasteiger partial charge in [0.05, 0.1) is 24.0 Å². The van der Waals surface area contributed by atoms with Gasteiger partial charge in [-0.15, -0.1) is 0 Å². The summed E-state index contributed by atoms with van der Waals surface area (Å²) in [6, 6.07) is 10.9. The lowest BCUT2D eigenvalue weighted by molar-refractivity contribution is 0.0672. The van der Waals surface area contributed by atoms with Gasteiger partial charge in [0.25, 0.3) is 5.91 Å². The van der Waals surface area contributed by atoms with Gasteiger partial charge < -0.3 is 10.2 Å². The number of rotatable bonds is 4. The molecule has 5 nitrogen and oxygen atoms in total. The minimum absolute atomic E-state index is 0.103. The molecule has 2 aromatic rings. The molecular weight excluding hydrogens is 300 g/mol. The van der Waals surface area contributed by atoms with Gasteiger partial charge >= 0.3 is 0 Å². The Morgan fingerprint density at radius 3 is 2.50 bits per heavy atom. The first-order valence-corrected chi connectivity index (χ1v) is 8.72. The van der Waals surface area contributed by atoms with Gasteiger partial charge in [-0.25, -0.2) is 0 Å². The molecule has 2 heterocycles. The molecular formula is C19H26N4O. The van der Waals surface area contributed by atoms with Crippen LogP contribution in [0.4, 0.5) is 0 Å². The predicted molar refractivity (Wildman–Crippen MR) is 95.1 cm³/mol. The molecule has 0 radical (unpaired) electrons. The molecule has 1 aliphatic heterocycles. The van der Waals surface area contributed by atoms with Crippen LogP contribution in [0, 0.1) is 0 Å². The Hall–Kier alpha value is -2.14. The van der Waals surface area contributed by atoms with Crippen LogP contribution in [0.1, 0.15) is 42.4 Å². The lowest BCUT2D eigenvalue weighted by Gasteiger charge is -2.36. The van der Waals surface area contributed by atoms with E-state index in [-0.39, 0.29) is 5.91 Å². The zero-order valence-electron chi connectivity index (χ0n) is 14.7. The van der Waals surface area contributed by atoms with E-state index in [0.717, 1.165) is 30.8 Å². The lowest BCUT2D eigenvalue weighted by Crippen LogP contribution is -2.55. The Morgan fingerprint density at radius 1 is 1.21 bits per heavy atom. The van der Waals surface area contributed by atoms with E-state index in [4.69, 9.17) is 0 Å². The van der Waals surface area contributed by atoms with Gasteiger partial charge in [-0.3, -0.25) is 9.48 Å². The van der Waals surface area contributed by atoms with E-state index in [2.05, 4.69) is 43.3 Å². The summed E-state index contributed by atoms with van der Waals surface area (Å²) >= 11 is 0. The van der Waals surface area contributed by atoms with Crippen LogP contribution in [-0.4, -0.2) is 45.8 Å². The molecule has 0 unspecified atom stereocenters. The van der Waals surface area contributed by atoms with Crippen LogP contribution in [0.5, 0.6) is 0 Å². The Morgan fingerprint density at radius 2 is 1.88 bits per heavy atom. The number of piperazine rings is 1. The van der Waals surface area contributed by atoms with Gasteiger partial charge in [0.2, 0.25) is 0 Å². The molecule has 0 bridgehead atoms. The van der Waals surface area contributed by atoms with Crippen molar-refractivity contribution < 1.29 is 4.79 Å². The van der Waals surface area contributed by atoms with Crippen molar-refractivity contribution in [3.63, 3.8) is 0 Å². The van der Waals surface area contributed by atoms with E-state index >= 15 is 0 Å². The van der Waals surface area contributed by atoms with Crippen LogP contribution in [0.2, 0.25) is 0 Å². The number of carbonyl (C=O) groups is 1. The molecule has 24 heavy (non-hydrogen) atoms. The van der Waals surface area contributed by atoms with Crippen LogP contribution < -0.4 is 5.32 Å². The molecule has 0 saturated carbocycles. The van der Waals surface area contributed by atoms with E-state index in [1.54, 1.807) is 6.20 Å². The third kappa shape index (κ3) is 3.51. The van der Waals surface area contributed by atoms with Crippen molar-refractivity contribution in [2.24, 2.45) is 0 Å². The maximum atomic E-state index is 13.0. The van der Waals surface area contributed by atoms with Gasteiger partial charge in [0, 0.05) is 25.2 Å². The van der Waals surface area contributed by atoms with Crippen molar-refractivity contribution in [3.8, 4) is 0 Å². The largest absolute Gasteiger partial charge is 0.335 e. The fourth-order valence-corrected chi connectivity index (χ4v) is 3.52. The SMILES string of the molecule is CCc1c(C(=O)N2C[C@H](C)N[C@@H](C)C2)cnn1Cc1ccccc1. The van der Waals surface area contributed by atoms with Crippen LogP contribution in [0.3, 0.4) is 0 Å². The topological polar surface area (TPSA) is 50.2 Å². The lowest BCUT2D eigenvalue weighted by atomic mass is 10.1. The summed E-state index contributed by atoms with van der Waals surface area (Å²) < 4.78 is 1.96. The van der Waals surface area contributed by atoms with Gasteiger partial charge in [0.1, 0.15) is 0 Å². The van der Waals surface area contributed by atoms with Crippen molar-refractivity contribution in [1.29, 1.82) is 0 Å². The highest BCUT2D eigenvalue weighted by Gasteiger charge is 2.28. The number of aromatic nitrogens is 2. The molecule has 1 amide bonds. The molecule has 1 aromatic carbocycles. The Labute approximate surface area is 143 Å². The van der Waals surface area contributed by atoms with E-state index in [9.17, 15) is 4.79 Å². The average molecular weight is 326 g/mol. The third-order valence-corrected chi connectivity index (χ3v) is 4.53. The average Bonchev–Trinajstić information content (AvgIpc) is 2.96. The van der Waals surface area contributed by atoms with E-state index in [1.165, 1.54) is 5.56 Å². The first-order chi connectivity index (χ1) is 11.6. The third-order valence-electron chi connectivity index (χ3n) is 4.53. The molecule has 128 valence electrons. The molecule has 0 aliphatic carbocycles. The minimum atomic E-state index is 0.103. The summed E-state index contributed by atoms with van der Waals surface area (Å²) in [5.74, 6) is 0.103. The maximum absolute atomic E-state index is 13.0. The van der Waals surface area contributed by atoms with E-state index < -0.39 is 0 Å². The van der Waals surface area contributed by atoms with Crippen LogP contribution in [-0.2, 0) is 13.0 Å². The quantitative estimate of drug-likeness (QED) is 0.938. The second kappa shape index (κ2) is 7.18. The van der Waals surface area contributed by atoms with Crippen molar-refractivity contribution in [3.05, 3.63) is 53.3 Å². The van der Waals surface area contributed by atoms with Crippen molar-refractivity contribution in [2.45, 2.75) is 45.8 Å².